The number of hydrogen-bond acceptors (Lipinski definition) is 5. The van der Waals surface area contributed by atoms with Crippen LogP contribution in [0.25, 0.3) is 0 Å². The maximum atomic E-state index is 12.7. The molecule has 0 radical (unpaired) electrons. The Morgan fingerprint density at radius 2 is 1.80 bits per heavy atom. The van der Waals surface area contributed by atoms with Crippen LogP contribution in [0.5, 0.6) is 0 Å². The predicted molar refractivity (Wildman–Crippen MR) is 101 cm³/mol. The largest absolute Gasteiger partial charge is 0.490 e. The molecule has 2 atom stereocenters. The molecular formula is C20H31F3N2O5. The van der Waals surface area contributed by atoms with Crippen molar-refractivity contribution in [3.05, 3.63) is 0 Å². The van der Waals surface area contributed by atoms with Crippen LogP contribution in [-0.4, -0.2) is 91.6 Å². The SMILES string of the molecule is O=C(C1CCCO1)N1CCCC2(COCCN(CC3CC3)C2)C1.O=C(O)C(F)(F)F. The third-order valence-electron chi connectivity index (χ3n) is 6.15. The summed E-state index contributed by atoms with van der Waals surface area (Å²) >= 11 is 0. The first-order valence-electron chi connectivity index (χ1n) is 10.7. The van der Waals surface area contributed by atoms with Crippen LogP contribution in [0.15, 0.2) is 0 Å². The van der Waals surface area contributed by atoms with Crippen LogP contribution < -0.4 is 0 Å². The van der Waals surface area contributed by atoms with Crippen LogP contribution in [0.4, 0.5) is 13.2 Å². The molecule has 3 aliphatic heterocycles. The zero-order valence-corrected chi connectivity index (χ0v) is 17.2. The Labute approximate surface area is 174 Å². The minimum absolute atomic E-state index is 0.137. The second kappa shape index (κ2) is 9.82. The van der Waals surface area contributed by atoms with Crippen molar-refractivity contribution in [1.82, 2.24) is 9.80 Å². The van der Waals surface area contributed by atoms with Gasteiger partial charge in [0, 0.05) is 44.7 Å². The molecule has 0 aromatic rings. The molecule has 30 heavy (non-hydrogen) atoms. The van der Waals surface area contributed by atoms with E-state index in [1.165, 1.54) is 25.8 Å². The van der Waals surface area contributed by atoms with Crippen LogP contribution in [-0.2, 0) is 19.1 Å². The van der Waals surface area contributed by atoms with E-state index in [9.17, 15) is 18.0 Å². The van der Waals surface area contributed by atoms with Crippen molar-refractivity contribution in [2.24, 2.45) is 11.3 Å². The number of alkyl halides is 3. The molecule has 1 aliphatic carbocycles. The molecule has 1 saturated carbocycles. The Bertz CT molecular complexity index is 608. The van der Waals surface area contributed by atoms with E-state index in [-0.39, 0.29) is 17.4 Å². The molecule has 4 fully saturated rings. The highest BCUT2D eigenvalue weighted by Gasteiger charge is 2.42. The van der Waals surface area contributed by atoms with Gasteiger partial charge in [-0.2, -0.15) is 13.2 Å². The van der Waals surface area contributed by atoms with Crippen LogP contribution in [0, 0.1) is 11.3 Å². The standard InChI is InChI=1S/C18H30N2O3.C2HF3O2/c21-17(16-3-1-9-23-16)20-7-2-6-18(13-20)12-19(8-10-22-14-18)11-15-4-5-15;3-2(4,5)1(6)7/h15-16H,1-14H2;(H,6,7). The zero-order valence-electron chi connectivity index (χ0n) is 17.2. The smallest absolute Gasteiger partial charge is 0.475 e. The lowest BCUT2D eigenvalue weighted by atomic mass is 9.79. The average Bonchev–Trinajstić information content (AvgIpc) is 3.37. The van der Waals surface area contributed by atoms with Gasteiger partial charge in [-0.3, -0.25) is 4.79 Å². The molecule has 1 N–H and O–H groups in total. The molecule has 0 bridgehead atoms. The van der Waals surface area contributed by atoms with Crippen LogP contribution in [0.2, 0.25) is 0 Å². The molecule has 7 nitrogen and oxygen atoms in total. The Balaban J connectivity index is 0.000000318. The molecule has 3 heterocycles. The van der Waals surface area contributed by atoms with Crippen molar-refractivity contribution in [3.8, 4) is 0 Å². The van der Waals surface area contributed by atoms with Gasteiger partial charge < -0.3 is 24.4 Å². The summed E-state index contributed by atoms with van der Waals surface area (Å²) in [6.45, 7) is 7.52. The van der Waals surface area contributed by atoms with E-state index in [0.29, 0.717) is 0 Å². The number of hydrogen-bond donors (Lipinski definition) is 1. The fraction of sp³-hybridized carbons (Fsp3) is 0.900. The molecule has 1 amide bonds. The zero-order chi connectivity index (χ0) is 21.8. The molecular weight excluding hydrogens is 405 g/mol. The number of piperidine rings is 1. The first-order chi connectivity index (χ1) is 14.2. The van der Waals surface area contributed by atoms with Gasteiger partial charge in [0.15, 0.2) is 0 Å². The first kappa shape index (κ1) is 23.3. The lowest BCUT2D eigenvalue weighted by molar-refractivity contribution is -0.192. The first-order valence-corrected chi connectivity index (χ1v) is 10.7. The van der Waals surface area contributed by atoms with Gasteiger partial charge in [0.1, 0.15) is 6.10 Å². The third-order valence-corrected chi connectivity index (χ3v) is 6.15. The van der Waals surface area contributed by atoms with E-state index in [2.05, 4.69) is 9.80 Å². The summed E-state index contributed by atoms with van der Waals surface area (Å²) in [5.74, 6) is -1.62. The van der Waals surface area contributed by atoms with Crippen molar-refractivity contribution in [3.63, 3.8) is 0 Å². The van der Waals surface area contributed by atoms with Crippen molar-refractivity contribution in [2.45, 2.75) is 50.8 Å². The van der Waals surface area contributed by atoms with Crippen molar-refractivity contribution in [2.75, 3.05) is 52.5 Å². The van der Waals surface area contributed by atoms with Crippen molar-refractivity contribution >= 4 is 11.9 Å². The molecule has 0 aromatic carbocycles. The number of ether oxygens (including phenoxy) is 2. The van der Waals surface area contributed by atoms with E-state index >= 15 is 0 Å². The Kier molecular flexibility index (Phi) is 7.62. The van der Waals surface area contributed by atoms with Gasteiger partial charge in [-0.15, -0.1) is 0 Å². The summed E-state index contributed by atoms with van der Waals surface area (Å²) in [5.41, 5.74) is 0.137. The van der Waals surface area contributed by atoms with E-state index in [0.717, 1.165) is 71.2 Å². The van der Waals surface area contributed by atoms with E-state index < -0.39 is 12.1 Å². The molecule has 172 valence electrons. The van der Waals surface area contributed by atoms with Gasteiger partial charge in [-0.25, -0.2) is 4.79 Å². The summed E-state index contributed by atoms with van der Waals surface area (Å²) in [6.07, 6.45) is 1.73. The van der Waals surface area contributed by atoms with Crippen molar-refractivity contribution in [1.29, 1.82) is 0 Å². The van der Waals surface area contributed by atoms with Gasteiger partial charge in [0.25, 0.3) is 5.91 Å². The summed E-state index contributed by atoms with van der Waals surface area (Å²) in [5, 5.41) is 7.12. The monoisotopic (exact) mass is 436 g/mol. The van der Waals surface area contributed by atoms with Crippen LogP contribution in [0.1, 0.15) is 38.5 Å². The molecule has 2 unspecified atom stereocenters. The number of carboxylic acid groups (broad SMARTS) is 1. The Morgan fingerprint density at radius 3 is 2.40 bits per heavy atom. The molecule has 3 saturated heterocycles. The lowest BCUT2D eigenvalue weighted by Gasteiger charge is -2.44. The predicted octanol–water partition coefficient (Wildman–Crippen LogP) is 2.15. The number of aliphatic carboxylic acids is 1. The number of carbonyl (C=O) groups excluding carboxylic acids is 1. The summed E-state index contributed by atoms with van der Waals surface area (Å²) in [6, 6.07) is 0. The molecule has 1 spiro atoms. The minimum Gasteiger partial charge on any atom is -0.475 e. The summed E-state index contributed by atoms with van der Waals surface area (Å²) in [7, 11) is 0. The Morgan fingerprint density at radius 1 is 1.07 bits per heavy atom. The van der Waals surface area contributed by atoms with Gasteiger partial charge in [-0.05, 0) is 44.4 Å². The fourth-order valence-corrected chi connectivity index (χ4v) is 4.52. The number of halogens is 3. The Hall–Kier alpha value is -1.39. The number of carbonyl (C=O) groups is 2. The number of likely N-dealkylation sites (tertiary alicyclic amines) is 1. The highest BCUT2D eigenvalue weighted by Crippen LogP contribution is 2.36. The molecule has 4 rings (SSSR count). The second-order valence-corrected chi connectivity index (χ2v) is 8.90. The number of amides is 1. The van der Waals surface area contributed by atoms with Gasteiger partial charge in [-0.1, -0.05) is 0 Å². The van der Waals surface area contributed by atoms with Gasteiger partial charge >= 0.3 is 12.1 Å². The number of nitrogens with zero attached hydrogens (tertiary/aromatic N) is 2. The fourth-order valence-electron chi connectivity index (χ4n) is 4.52. The molecule has 0 aromatic heterocycles. The van der Waals surface area contributed by atoms with E-state index in [1.807, 2.05) is 0 Å². The van der Waals surface area contributed by atoms with Crippen LogP contribution in [0.3, 0.4) is 0 Å². The summed E-state index contributed by atoms with van der Waals surface area (Å²) < 4.78 is 43.3. The van der Waals surface area contributed by atoms with Gasteiger partial charge in [0.2, 0.25) is 0 Å². The number of rotatable bonds is 3. The normalized spacial score (nSPS) is 30.5. The second-order valence-electron chi connectivity index (χ2n) is 8.90. The van der Waals surface area contributed by atoms with E-state index in [1.54, 1.807) is 0 Å². The number of carboxylic acids is 1. The topological polar surface area (TPSA) is 79.3 Å². The van der Waals surface area contributed by atoms with E-state index in [4.69, 9.17) is 19.4 Å². The average molecular weight is 436 g/mol. The van der Waals surface area contributed by atoms with Gasteiger partial charge in [0.05, 0.1) is 13.2 Å². The highest BCUT2D eigenvalue weighted by molar-refractivity contribution is 5.81. The lowest BCUT2D eigenvalue weighted by Crippen LogP contribution is -2.54. The maximum absolute atomic E-state index is 12.7. The quantitative estimate of drug-likeness (QED) is 0.731. The van der Waals surface area contributed by atoms with Crippen molar-refractivity contribution < 1.29 is 37.3 Å². The van der Waals surface area contributed by atoms with Crippen LogP contribution >= 0.6 is 0 Å². The third kappa shape index (κ3) is 6.55. The minimum atomic E-state index is -5.08. The summed E-state index contributed by atoms with van der Waals surface area (Å²) in [4.78, 5) is 26.3. The molecule has 4 aliphatic rings. The highest BCUT2D eigenvalue weighted by atomic mass is 19.4. The molecule has 10 heteroatoms. The maximum Gasteiger partial charge on any atom is 0.490 e.